The number of amides is 1. The third-order valence-electron chi connectivity index (χ3n) is 5.75. The van der Waals surface area contributed by atoms with Crippen LogP contribution >= 0.6 is 0 Å². The van der Waals surface area contributed by atoms with Gasteiger partial charge in [-0.1, -0.05) is 37.3 Å². The third kappa shape index (κ3) is 5.67. The van der Waals surface area contributed by atoms with Crippen LogP contribution in [0, 0.1) is 11.7 Å². The highest BCUT2D eigenvalue weighted by atomic mass is 32.2. The van der Waals surface area contributed by atoms with Gasteiger partial charge in [0.25, 0.3) is 0 Å². The number of rotatable bonds is 7. The van der Waals surface area contributed by atoms with Crippen LogP contribution in [-0.4, -0.2) is 38.6 Å². The number of piperidine rings is 1. The highest BCUT2D eigenvalue weighted by Crippen LogP contribution is 2.23. The summed E-state index contributed by atoms with van der Waals surface area (Å²) < 4.78 is 37.1. The van der Waals surface area contributed by atoms with Crippen molar-refractivity contribution in [2.45, 2.75) is 43.7 Å². The first-order chi connectivity index (χ1) is 14.3. The summed E-state index contributed by atoms with van der Waals surface area (Å²) in [4.78, 5) is 15.3. The molecular formula is C23H29FN2O3S. The van der Waals surface area contributed by atoms with Gasteiger partial charge in [-0.15, -0.1) is 0 Å². The summed E-state index contributed by atoms with van der Waals surface area (Å²) in [6, 6.07) is 13.4. The predicted molar refractivity (Wildman–Crippen MR) is 115 cm³/mol. The summed E-state index contributed by atoms with van der Waals surface area (Å²) >= 11 is 0. The van der Waals surface area contributed by atoms with Gasteiger partial charge in [0.2, 0.25) is 5.91 Å². The minimum absolute atomic E-state index is 0.0274. The van der Waals surface area contributed by atoms with E-state index in [4.69, 9.17) is 0 Å². The van der Waals surface area contributed by atoms with E-state index >= 15 is 0 Å². The van der Waals surface area contributed by atoms with Crippen LogP contribution in [0.3, 0.4) is 0 Å². The van der Waals surface area contributed by atoms with Gasteiger partial charge in [0.05, 0.1) is 10.9 Å². The Morgan fingerprint density at radius 2 is 1.77 bits per heavy atom. The van der Waals surface area contributed by atoms with E-state index in [1.54, 1.807) is 36.4 Å². The topological polar surface area (TPSA) is 66.5 Å². The molecule has 0 saturated carbocycles. The van der Waals surface area contributed by atoms with Crippen LogP contribution in [0.2, 0.25) is 0 Å². The molecule has 3 rings (SSSR count). The van der Waals surface area contributed by atoms with Crippen LogP contribution < -0.4 is 5.32 Å². The SMILES string of the molecule is CC[C@@H](NC(=O)C1CCN(Cc2ccccc2F)CC1)c1ccc(S(C)(=O)=O)cc1. The molecule has 1 aliphatic rings. The van der Waals surface area contributed by atoms with Crippen molar-refractivity contribution < 1.29 is 17.6 Å². The number of nitrogens with zero attached hydrogens (tertiary/aromatic N) is 1. The number of sulfone groups is 1. The van der Waals surface area contributed by atoms with Gasteiger partial charge < -0.3 is 5.32 Å². The van der Waals surface area contributed by atoms with Crippen molar-refractivity contribution in [3.63, 3.8) is 0 Å². The second kappa shape index (κ2) is 9.71. The molecule has 30 heavy (non-hydrogen) atoms. The molecule has 1 atom stereocenters. The zero-order valence-electron chi connectivity index (χ0n) is 17.5. The lowest BCUT2D eigenvalue weighted by molar-refractivity contribution is -0.127. The fourth-order valence-electron chi connectivity index (χ4n) is 3.88. The van der Waals surface area contributed by atoms with Crippen LogP contribution in [0.15, 0.2) is 53.4 Å². The zero-order valence-corrected chi connectivity index (χ0v) is 18.3. The summed E-state index contributed by atoms with van der Waals surface area (Å²) in [5, 5.41) is 3.12. The summed E-state index contributed by atoms with van der Waals surface area (Å²) in [6.07, 6.45) is 3.38. The highest BCUT2D eigenvalue weighted by molar-refractivity contribution is 7.90. The normalized spacial score (nSPS) is 16.9. The average molecular weight is 433 g/mol. The van der Waals surface area contributed by atoms with Gasteiger partial charge >= 0.3 is 0 Å². The van der Waals surface area contributed by atoms with Gasteiger partial charge in [0.1, 0.15) is 5.82 Å². The molecule has 0 spiro atoms. The van der Waals surface area contributed by atoms with Gasteiger partial charge in [-0.3, -0.25) is 9.69 Å². The minimum atomic E-state index is -3.24. The Morgan fingerprint density at radius 1 is 1.13 bits per heavy atom. The number of carbonyl (C=O) groups is 1. The number of halogens is 1. The van der Waals surface area contributed by atoms with E-state index in [9.17, 15) is 17.6 Å². The lowest BCUT2D eigenvalue weighted by Gasteiger charge is -2.32. The maximum absolute atomic E-state index is 13.9. The van der Waals surface area contributed by atoms with E-state index in [0.717, 1.165) is 37.9 Å². The Balaban J connectivity index is 1.55. The predicted octanol–water partition coefficient (Wildman–Crippen LogP) is 3.71. The summed E-state index contributed by atoms with van der Waals surface area (Å²) in [6.45, 7) is 4.07. The molecule has 2 aromatic rings. The van der Waals surface area contributed by atoms with Gasteiger partial charge in [0, 0.05) is 24.3 Å². The van der Waals surface area contributed by atoms with Gasteiger partial charge in [0.15, 0.2) is 9.84 Å². The smallest absolute Gasteiger partial charge is 0.223 e. The zero-order chi connectivity index (χ0) is 21.7. The number of hydrogen-bond acceptors (Lipinski definition) is 4. The molecule has 0 bridgehead atoms. The van der Waals surface area contributed by atoms with Crippen molar-refractivity contribution in [1.82, 2.24) is 10.2 Å². The standard InChI is InChI=1S/C23H29FN2O3S/c1-3-22(17-8-10-20(11-9-17)30(2,28)29)25-23(27)18-12-14-26(15-13-18)16-19-6-4-5-7-21(19)24/h4-11,18,22H,3,12-16H2,1-2H3,(H,25,27)/t22-/m1/s1. The molecule has 1 N–H and O–H groups in total. The Morgan fingerprint density at radius 3 is 2.33 bits per heavy atom. The Bertz CT molecular complexity index is 968. The van der Waals surface area contributed by atoms with E-state index in [-0.39, 0.29) is 28.6 Å². The van der Waals surface area contributed by atoms with E-state index in [0.29, 0.717) is 12.1 Å². The molecule has 0 aromatic heterocycles. The summed E-state index contributed by atoms with van der Waals surface area (Å²) in [7, 11) is -3.24. The van der Waals surface area contributed by atoms with Crippen molar-refractivity contribution >= 4 is 15.7 Å². The first-order valence-electron chi connectivity index (χ1n) is 10.3. The lowest BCUT2D eigenvalue weighted by Crippen LogP contribution is -2.41. The van der Waals surface area contributed by atoms with E-state index < -0.39 is 9.84 Å². The van der Waals surface area contributed by atoms with Crippen LogP contribution in [0.4, 0.5) is 4.39 Å². The molecular weight excluding hydrogens is 403 g/mol. The van der Waals surface area contributed by atoms with Crippen LogP contribution in [-0.2, 0) is 21.2 Å². The number of benzene rings is 2. The second-order valence-electron chi connectivity index (χ2n) is 7.95. The number of hydrogen-bond donors (Lipinski definition) is 1. The van der Waals surface area contributed by atoms with Crippen molar-refractivity contribution in [3.05, 3.63) is 65.5 Å². The minimum Gasteiger partial charge on any atom is -0.349 e. The van der Waals surface area contributed by atoms with Gasteiger partial charge in [-0.25, -0.2) is 12.8 Å². The maximum atomic E-state index is 13.9. The molecule has 1 amide bonds. The van der Waals surface area contributed by atoms with E-state index in [1.165, 1.54) is 12.3 Å². The fourth-order valence-corrected chi connectivity index (χ4v) is 4.51. The van der Waals surface area contributed by atoms with E-state index in [1.807, 2.05) is 13.0 Å². The highest BCUT2D eigenvalue weighted by Gasteiger charge is 2.27. The quantitative estimate of drug-likeness (QED) is 0.724. The maximum Gasteiger partial charge on any atom is 0.223 e. The molecule has 0 unspecified atom stereocenters. The monoisotopic (exact) mass is 432 g/mol. The van der Waals surface area contributed by atoms with Crippen molar-refractivity contribution in [2.75, 3.05) is 19.3 Å². The Kier molecular flexibility index (Phi) is 7.26. The van der Waals surface area contributed by atoms with Crippen molar-refractivity contribution in [2.24, 2.45) is 5.92 Å². The molecule has 1 saturated heterocycles. The van der Waals surface area contributed by atoms with Crippen molar-refractivity contribution in [1.29, 1.82) is 0 Å². The Hall–Kier alpha value is -2.25. The molecule has 5 nitrogen and oxygen atoms in total. The number of nitrogens with one attached hydrogen (secondary N) is 1. The molecule has 162 valence electrons. The largest absolute Gasteiger partial charge is 0.349 e. The van der Waals surface area contributed by atoms with Crippen LogP contribution in [0.25, 0.3) is 0 Å². The lowest BCUT2D eigenvalue weighted by atomic mass is 9.94. The first-order valence-corrected chi connectivity index (χ1v) is 12.2. The van der Waals surface area contributed by atoms with Gasteiger partial charge in [-0.05, 0) is 56.1 Å². The summed E-state index contributed by atoms with van der Waals surface area (Å²) in [5.41, 5.74) is 1.58. The molecule has 1 heterocycles. The molecule has 7 heteroatoms. The van der Waals surface area contributed by atoms with E-state index in [2.05, 4.69) is 10.2 Å². The third-order valence-corrected chi connectivity index (χ3v) is 6.87. The van der Waals surface area contributed by atoms with Crippen molar-refractivity contribution in [3.8, 4) is 0 Å². The average Bonchev–Trinajstić information content (AvgIpc) is 2.73. The summed E-state index contributed by atoms with van der Waals surface area (Å²) in [5.74, 6) is -0.226. The molecule has 2 aromatic carbocycles. The molecule has 1 fully saturated rings. The fraction of sp³-hybridized carbons (Fsp3) is 0.435. The van der Waals surface area contributed by atoms with Crippen LogP contribution in [0.1, 0.15) is 43.4 Å². The first kappa shape index (κ1) is 22.4. The molecule has 0 radical (unpaired) electrons. The van der Waals surface area contributed by atoms with Gasteiger partial charge in [-0.2, -0.15) is 0 Å². The number of likely N-dealkylation sites (tertiary alicyclic amines) is 1. The Labute approximate surface area is 178 Å². The molecule has 1 aliphatic heterocycles. The molecule has 0 aliphatic carbocycles. The second-order valence-corrected chi connectivity index (χ2v) is 9.97. The number of carbonyl (C=O) groups excluding carboxylic acids is 1. The van der Waals surface area contributed by atoms with Crippen LogP contribution in [0.5, 0.6) is 0 Å².